The van der Waals surface area contributed by atoms with E-state index in [0.29, 0.717) is 18.3 Å². The lowest BCUT2D eigenvalue weighted by atomic mass is 10.0. The standard InChI is InChI=1S/C16H28N4O3S/c1-4-12-23-14(17)20(16(22)19(5-2)6-3)15(21)18-24-13-10-8-7-9-11-13/h4,13,17H,1,5-12H2,2-3H3,(H,18,21). The fourth-order valence-electron chi connectivity index (χ4n) is 2.47. The second-order valence-corrected chi connectivity index (χ2v) is 6.59. The summed E-state index contributed by atoms with van der Waals surface area (Å²) in [5, 5.41) is 8.27. The summed E-state index contributed by atoms with van der Waals surface area (Å²) < 4.78 is 7.80. The van der Waals surface area contributed by atoms with Gasteiger partial charge < -0.3 is 9.64 Å². The molecular formula is C16H28N4O3S. The Morgan fingerprint density at radius 2 is 1.92 bits per heavy atom. The van der Waals surface area contributed by atoms with Crippen molar-refractivity contribution in [1.82, 2.24) is 14.5 Å². The van der Waals surface area contributed by atoms with Gasteiger partial charge in [-0.15, -0.1) is 0 Å². The van der Waals surface area contributed by atoms with Gasteiger partial charge in [0.15, 0.2) is 0 Å². The molecule has 1 aliphatic carbocycles. The molecule has 0 aromatic carbocycles. The maximum atomic E-state index is 12.5. The molecule has 1 rings (SSSR count). The highest BCUT2D eigenvalue weighted by atomic mass is 32.2. The Morgan fingerprint density at radius 3 is 2.46 bits per heavy atom. The third-order valence-corrected chi connectivity index (χ3v) is 4.93. The van der Waals surface area contributed by atoms with Crippen molar-refractivity contribution < 1.29 is 14.3 Å². The van der Waals surface area contributed by atoms with Crippen LogP contribution in [0.4, 0.5) is 9.59 Å². The molecule has 0 spiro atoms. The number of nitrogens with one attached hydrogen (secondary N) is 2. The van der Waals surface area contributed by atoms with E-state index in [9.17, 15) is 9.59 Å². The predicted octanol–water partition coefficient (Wildman–Crippen LogP) is 3.58. The molecule has 0 saturated heterocycles. The molecule has 1 saturated carbocycles. The molecule has 0 aromatic rings. The van der Waals surface area contributed by atoms with Gasteiger partial charge in [0.05, 0.1) is 0 Å². The number of imide groups is 1. The van der Waals surface area contributed by atoms with Crippen molar-refractivity contribution in [3.8, 4) is 0 Å². The van der Waals surface area contributed by atoms with E-state index in [1.165, 1.54) is 29.3 Å². The van der Waals surface area contributed by atoms with E-state index in [-0.39, 0.29) is 6.61 Å². The third-order valence-electron chi connectivity index (χ3n) is 3.83. The van der Waals surface area contributed by atoms with Crippen LogP contribution in [0.5, 0.6) is 0 Å². The summed E-state index contributed by atoms with van der Waals surface area (Å²) in [7, 11) is 0. The Balaban J connectivity index is 2.73. The van der Waals surface area contributed by atoms with Crippen LogP contribution in [0, 0.1) is 5.41 Å². The minimum absolute atomic E-state index is 0.0594. The third kappa shape index (κ3) is 6.07. The zero-order valence-electron chi connectivity index (χ0n) is 14.5. The van der Waals surface area contributed by atoms with E-state index in [2.05, 4.69) is 11.3 Å². The molecule has 1 fully saturated rings. The Morgan fingerprint density at radius 1 is 1.29 bits per heavy atom. The van der Waals surface area contributed by atoms with E-state index >= 15 is 0 Å². The first-order valence-corrected chi connectivity index (χ1v) is 9.29. The van der Waals surface area contributed by atoms with E-state index in [1.807, 2.05) is 13.8 Å². The molecule has 0 radical (unpaired) electrons. The maximum Gasteiger partial charge on any atom is 0.343 e. The van der Waals surface area contributed by atoms with Crippen LogP contribution >= 0.6 is 11.9 Å². The molecule has 7 nitrogen and oxygen atoms in total. The van der Waals surface area contributed by atoms with Crippen LogP contribution in [-0.2, 0) is 4.74 Å². The van der Waals surface area contributed by atoms with Crippen molar-refractivity contribution in [2.45, 2.75) is 51.2 Å². The fourth-order valence-corrected chi connectivity index (χ4v) is 3.39. The summed E-state index contributed by atoms with van der Waals surface area (Å²) >= 11 is 1.34. The molecule has 0 aromatic heterocycles. The number of carbonyl (C=O) groups is 2. The highest BCUT2D eigenvalue weighted by Crippen LogP contribution is 2.26. The molecule has 8 heteroatoms. The van der Waals surface area contributed by atoms with Crippen LogP contribution in [0.1, 0.15) is 46.0 Å². The number of rotatable bonds is 6. The van der Waals surface area contributed by atoms with Crippen molar-refractivity contribution in [3.05, 3.63) is 12.7 Å². The van der Waals surface area contributed by atoms with Crippen molar-refractivity contribution >= 4 is 30.0 Å². The smallest absolute Gasteiger partial charge is 0.343 e. The van der Waals surface area contributed by atoms with Gasteiger partial charge in [0, 0.05) is 18.3 Å². The van der Waals surface area contributed by atoms with E-state index in [0.717, 1.165) is 30.6 Å². The highest BCUT2D eigenvalue weighted by molar-refractivity contribution is 7.98. The first-order valence-electron chi connectivity index (χ1n) is 8.41. The molecule has 136 valence electrons. The Bertz CT molecular complexity index is 449. The molecular weight excluding hydrogens is 328 g/mol. The van der Waals surface area contributed by atoms with Crippen LogP contribution in [0.2, 0.25) is 0 Å². The van der Waals surface area contributed by atoms with Gasteiger partial charge in [-0.3, -0.25) is 10.1 Å². The van der Waals surface area contributed by atoms with Gasteiger partial charge in [-0.2, -0.15) is 4.90 Å². The zero-order chi connectivity index (χ0) is 17.9. The first kappa shape index (κ1) is 20.3. The van der Waals surface area contributed by atoms with Gasteiger partial charge in [0.2, 0.25) is 0 Å². The lowest BCUT2D eigenvalue weighted by Crippen LogP contribution is -2.52. The van der Waals surface area contributed by atoms with E-state index in [1.54, 1.807) is 0 Å². The topological polar surface area (TPSA) is 85.7 Å². The normalized spacial score (nSPS) is 14.6. The maximum absolute atomic E-state index is 12.5. The fraction of sp³-hybridized carbons (Fsp3) is 0.688. The average Bonchev–Trinajstić information content (AvgIpc) is 2.60. The molecule has 1 aliphatic rings. The molecule has 0 heterocycles. The van der Waals surface area contributed by atoms with Crippen molar-refractivity contribution in [2.75, 3.05) is 19.7 Å². The first-order chi connectivity index (χ1) is 11.5. The SMILES string of the molecule is C=CCOC(=N)N(C(=O)NSC1CCCCC1)C(=O)N(CC)CC. The van der Waals surface area contributed by atoms with Crippen LogP contribution in [0.25, 0.3) is 0 Å². The molecule has 2 N–H and O–H groups in total. The second kappa shape index (κ2) is 11.0. The number of ether oxygens (including phenoxy) is 1. The van der Waals surface area contributed by atoms with Gasteiger partial charge in [-0.25, -0.2) is 9.59 Å². The van der Waals surface area contributed by atoms with Gasteiger partial charge in [-0.1, -0.05) is 31.9 Å². The molecule has 0 bridgehead atoms. The zero-order valence-corrected chi connectivity index (χ0v) is 15.4. The summed E-state index contributed by atoms with van der Waals surface area (Å²) in [6, 6.07) is -1.69. The van der Waals surface area contributed by atoms with E-state index < -0.39 is 18.1 Å². The Kier molecular flexibility index (Phi) is 9.29. The molecule has 0 unspecified atom stereocenters. The summed E-state index contributed by atoms with van der Waals surface area (Å²) in [5.41, 5.74) is 0. The van der Waals surface area contributed by atoms with Crippen molar-refractivity contribution in [2.24, 2.45) is 0 Å². The quantitative estimate of drug-likeness (QED) is 0.330. The number of hydrogen-bond acceptors (Lipinski definition) is 5. The minimum Gasteiger partial charge on any atom is -0.460 e. The molecule has 0 aliphatic heterocycles. The van der Waals surface area contributed by atoms with Gasteiger partial charge in [0.1, 0.15) is 6.61 Å². The summed E-state index contributed by atoms with van der Waals surface area (Å²) in [4.78, 5) is 27.2. The number of carbonyl (C=O) groups excluding carboxylic acids is 2. The van der Waals surface area contributed by atoms with Crippen LogP contribution in [0.3, 0.4) is 0 Å². The largest absolute Gasteiger partial charge is 0.460 e. The second-order valence-electron chi connectivity index (χ2n) is 5.48. The van der Waals surface area contributed by atoms with Gasteiger partial charge in [-0.05, 0) is 38.6 Å². The highest BCUT2D eigenvalue weighted by Gasteiger charge is 2.31. The van der Waals surface area contributed by atoms with Crippen molar-refractivity contribution in [1.29, 1.82) is 5.41 Å². The number of hydrogen-bond donors (Lipinski definition) is 2. The number of urea groups is 2. The minimum atomic E-state index is -0.642. The predicted molar refractivity (Wildman–Crippen MR) is 97.0 cm³/mol. The Labute approximate surface area is 148 Å². The lowest BCUT2D eigenvalue weighted by Gasteiger charge is -2.28. The van der Waals surface area contributed by atoms with Crippen molar-refractivity contribution in [3.63, 3.8) is 0 Å². The number of nitrogens with zero attached hydrogens (tertiary/aromatic N) is 2. The lowest BCUT2D eigenvalue weighted by molar-refractivity contribution is 0.167. The summed E-state index contributed by atoms with van der Waals surface area (Å²) in [6.07, 6.45) is 7.13. The summed E-state index contributed by atoms with van der Waals surface area (Å²) in [6.45, 7) is 8.11. The van der Waals surface area contributed by atoms with Crippen LogP contribution in [0.15, 0.2) is 12.7 Å². The average molecular weight is 356 g/mol. The molecule has 0 atom stereocenters. The number of amidine groups is 1. The monoisotopic (exact) mass is 356 g/mol. The molecule has 4 amide bonds. The van der Waals surface area contributed by atoms with Crippen LogP contribution in [-0.4, -0.2) is 52.8 Å². The van der Waals surface area contributed by atoms with E-state index in [4.69, 9.17) is 10.1 Å². The number of amides is 4. The molecule has 24 heavy (non-hydrogen) atoms. The van der Waals surface area contributed by atoms with Gasteiger partial charge in [0.25, 0.3) is 0 Å². The van der Waals surface area contributed by atoms with Crippen LogP contribution < -0.4 is 4.72 Å². The summed E-state index contributed by atoms with van der Waals surface area (Å²) in [5.74, 6) is 0. The Hall–Kier alpha value is -1.70. The van der Waals surface area contributed by atoms with Gasteiger partial charge >= 0.3 is 18.1 Å².